The first kappa shape index (κ1) is 14.4. The van der Waals surface area contributed by atoms with Crippen LogP contribution >= 0.6 is 15.9 Å². The first-order valence-electron chi connectivity index (χ1n) is 4.68. The number of aromatic nitrogens is 1. The van der Waals surface area contributed by atoms with Gasteiger partial charge in [-0.25, -0.2) is 18.6 Å². The molecule has 0 unspecified atom stereocenters. The lowest BCUT2D eigenvalue weighted by Crippen LogP contribution is -2.10. The summed E-state index contributed by atoms with van der Waals surface area (Å²) in [5.41, 5.74) is -2.21. The molecular formula is C9H7BrF2N2O4. The molecule has 0 radical (unpaired) electrons. The van der Waals surface area contributed by atoms with Crippen LogP contribution < -0.4 is 0 Å². The van der Waals surface area contributed by atoms with Gasteiger partial charge in [-0.05, 0) is 22.9 Å². The molecule has 0 aliphatic heterocycles. The molecule has 0 atom stereocenters. The molecule has 0 saturated heterocycles. The highest BCUT2D eigenvalue weighted by molar-refractivity contribution is 9.10. The molecule has 0 aromatic carbocycles. The Kier molecular flexibility index (Phi) is 4.65. The number of hydrogen-bond acceptors (Lipinski definition) is 5. The summed E-state index contributed by atoms with van der Waals surface area (Å²) in [5.74, 6) is -0.874. The number of nitrogens with zero attached hydrogens (tertiary/aromatic N) is 2. The lowest BCUT2D eigenvalue weighted by atomic mass is 10.2. The molecule has 0 amide bonds. The summed E-state index contributed by atoms with van der Waals surface area (Å²) >= 11 is 2.76. The minimum Gasteiger partial charge on any atom is -0.462 e. The molecule has 1 aromatic heterocycles. The van der Waals surface area contributed by atoms with Gasteiger partial charge >= 0.3 is 11.7 Å². The Morgan fingerprint density at radius 2 is 2.28 bits per heavy atom. The number of ether oxygens (including phenoxy) is 1. The fourth-order valence-corrected chi connectivity index (χ4v) is 1.79. The first-order valence-corrected chi connectivity index (χ1v) is 5.47. The zero-order valence-corrected chi connectivity index (χ0v) is 10.6. The average molecular weight is 325 g/mol. The molecule has 1 rings (SSSR count). The summed E-state index contributed by atoms with van der Waals surface area (Å²) in [4.78, 5) is 24.4. The van der Waals surface area contributed by atoms with Crippen molar-refractivity contribution in [2.24, 2.45) is 0 Å². The van der Waals surface area contributed by atoms with Crippen LogP contribution in [0.5, 0.6) is 0 Å². The van der Waals surface area contributed by atoms with Crippen molar-refractivity contribution in [1.82, 2.24) is 4.98 Å². The molecule has 0 aliphatic rings. The number of rotatable bonds is 4. The molecular weight excluding hydrogens is 318 g/mol. The van der Waals surface area contributed by atoms with Gasteiger partial charge in [0.1, 0.15) is 4.47 Å². The van der Waals surface area contributed by atoms with E-state index in [0.29, 0.717) is 0 Å². The number of carbonyl (C=O) groups excluding carboxylic acids is 1. The van der Waals surface area contributed by atoms with Gasteiger partial charge in [-0.1, -0.05) is 0 Å². The molecule has 98 valence electrons. The highest BCUT2D eigenvalue weighted by Gasteiger charge is 2.30. The lowest BCUT2D eigenvalue weighted by Gasteiger charge is -2.07. The van der Waals surface area contributed by atoms with Crippen LogP contribution in [0.25, 0.3) is 0 Å². The second kappa shape index (κ2) is 5.80. The van der Waals surface area contributed by atoms with E-state index in [2.05, 4.69) is 25.7 Å². The van der Waals surface area contributed by atoms with Crippen molar-refractivity contribution in [3.63, 3.8) is 0 Å². The molecule has 0 saturated carbocycles. The number of carbonyl (C=O) groups is 1. The highest BCUT2D eigenvalue weighted by atomic mass is 79.9. The Labute approximate surface area is 108 Å². The van der Waals surface area contributed by atoms with Crippen LogP contribution in [0.2, 0.25) is 0 Å². The van der Waals surface area contributed by atoms with Crippen LogP contribution in [0.1, 0.15) is 29.4 Å². The van der Waals surface area contributed by atoms with Crippen LogP contribution in [-0.2, 0) is 4.74 Å². The summed E-state index contributed by atoms with van der Waals surface area (Å²) in [7, 11) is 0. The largest absolute Gasteiger partial charge is 0.462 e. The summed E-state index contributed by atoms with van der Waals surface area (Å²) in [6.07, 6.45) is -2.30. The maximum atomic E-state index is 12.5. The lowest BCUT2D eigenvalue weighted by molar-refractivity contribution is -0.387. The molecule has 6 nitrogen and oxygen atoms in total. The Morgan fingerprint density at radius 3 is 2.72 bits per heavy atom. The van der Waals surface area contributed by atoms with Crippen LogP contribution in [0.3, 0.4) is 0 Å². The third-order valence-electron chi connectivity index (χ3n) is 1.90. The van der Waals surface area contributed by atoms with Gasteiger partial charge in [-0.2, -0.15) is 0 Å². The van der Waals surface area contributed by atoms with E-state index in [1.165, 1.54) is 0 Å². The molecule has 0 aliphatic carbocycles. The molecule has 9 heteroatoms. The van der Waals surface area contributed by atoms with Crippen molar-refractivity contribution in [1.29, 1.82) is 0 Å². The third kappa shape index (κ3) is 2.78. The predicted molar refractivity (Wildman–Crippen MR) is 59.5 cm³/mol. The van der Waals surface area contributed by atoms with Gasteiger partial charge in [0.15, 0.2) is 5.69 Å². The second-order valence-corrected chi connectivity index (χ2v) is 3.79. The van der Waals surface area contributed by atoms with Crippen LogP contribution in [0, 0.1) is 10.1 Å². The van der Waals surface area contributed by atoms with Crippen LogP contribution in [0.4, 0.5) is 14.5 Å². The van der Waals surface area contributed by atoms with E-state index >= 15 is 0 Å². The summed E-state index contributed by atoms with van der Waals surface area (Å²) in [6, 6.07) is 0. The van der Waals surface area contributed by atoms with Crippen molar-refractivity contribution in [3.8, 4) is 0 Å². The van der Waals surface area contributed by atoms with E-state index in [9.17, 15) is 23.7 Å². The zero-order chi connectivity index (χ0) is 13.9. The first-order chi connectivity index (χ1) is 8.40. The van der Waals surface area contributed by atoms with Gasteiger partial charge in [0, 0.05) is 6.20 Å². The quantitative estimate of drug-likeness (QED) is 0.483. The third-order valence-corrected chi connectivity index (χ3v) is 2.71. The van der Waals surface area contributed by atoms with E-state index in [-0.39, 0.29) is 16.6 Å². The van der Waals surface area contributed by atoms with E-state index in [1.807, 2.05) is 0 Å². The predicted octanol–water partition coefficient (Wildman–Crippen LogP) is 2.87. The Bertz CT molecular complexity index is 496. The average Bonchev–Trinajstić information content (AvgIpc) is 2.27. The number of alkyl halides is 2. The fraction of sp³-hybridized carbons (Fsp3) is 0.333. The zero-order valence-electron chi connectivity index (χ0n) is 9.02. The molecule has 0 spiro atoms. The fourth-order valence-electron chi connectivity index (χ4n) is 1.18. The summed E-state index contributed by atoms with van der Waals surface area (Å²) < 4.78 is 29.3. The number of nitro groups is 1. The van der Waals surface area contributed by atoms with Crippen molar-refractivity contribution >= 4 is 27.6 Å². The van der Waals surface area contributed by atoms with Crippen molar-refractivity contribution in [2.75, 3.05) is 6.61 Å². The minimum absolute atomic E-state index is 0.0513. The van der Waals surface area contributed by atoms with E-state index in [4.69, 9.17) is 0 Å². The van der Waals surface area contributed by atoms with Crippen LogP contribution in [0.15, 0.2) is 10.7 Å². The van der Waals surface area contributed by atoms with E-state index in [0.717, 1.165) is 6.20 Å². The van der Waals surface area contributed by atoms with Crippen molar-refractivity contribution in [3.05, 3.63) is 32.0 Å². The number of pyridine rings is 1. The van der Waals surface area contributed by atoms with Crippen LogP contribution in [-0.4, -0.2) is 22.5 Å². The minimum atomic E-state index is -3.11. The van der Waals surface area contributed by atoms with E-state index in [1.54, 1.807) is 6.92 Å². The van der Waals surface area contributed by atoms with Crippen molar-refractivity contribution in [2.45, 2.75) is 13.3 Å². The van der Waals surface area contributed by atoms with Gasteiger partial charge in [0.25, 0.3) is 6.43 Å². The van der Waals surface area contributed by atoms with E-state index < -0.39 is 28.7 Å². The summed E-state index contributed by atoms with van der Waals surface area (Å²) in [6.45, 7) is 1.59. The molecule has 0 fully saturated rings. The van der Waals surface area contributed by atoms with Gasteiger partial charge in [0.05, 0.1) is 17.1 Å². The second-order valence-electron chi connectivity index (χ2n) is 3.00. The molecule has 1 heterocycles. The normalized spacial score (nSPS) is 10.5. The number of esters is 1. The smallest absolute Gasteiger partial charge is 0.341 e. The highest BCUT2D eigenvalue weighted by Crippen LogP contribution is 2.35. The Hall–Kier alpha value is -1.64. The topological polar surface area (TPSA) is 82.3 Å². The molecule has 0 bridgehead atoms. The maximum absolute atomic E-state index is 12.5. The number of hydrogen-bond donors (Lipinski definition) is 0. The molecule has 1 aromatic rings. The Balaban J connectivity index is 3.39. The monoisotopic (exact) mass is 324 g/mol. The molecule has 0 N–H and O–H groups in total. The number of halogens is 3. The van der Waals surface area contributed by atoms with Gasteiger partial charge in [0.2, 0.25) is 0 Å². The van der Waals surface area contributed by atoms with Gasteiger partial charge < -0.3 is 4.74 Å². The molecule has 18 heavy (non-hydrogen) atoms. The SMILES string of the molecule is CCOC(=O)c1cnc(C(F)F)c([N+](=O)[O-])c1Br. The van der Waals surface area contributed by atoms with Crippen molar-refractivity contribution < 1.29 is 23.2 Å². The summed E-state index contributed by atoms with van der Waals surface area (Å²) in [5, 5.41) is 10.7. The standard InChI is InChI=1S/C9H7BrF2N2O4/c1-2-18-9(15)4-3-13-6(8(11)12)7(5(4)10)14(16)17/h3,8H,2H2,1H3. The van der Waals surface area contributed by atoms with Gasteiger partial charge in [-0.3, -0.25) is 10.1 Å². The maximum Gasteiger partial charge on any atom is 0.341 e. The Morgan fingerprint density at radius 1 is 1.67 bits per heavy atom. The van der Waals surface area contributed by atoms with Gasteiger partial charge in [-0.15, -0.1) is 0 Å².